The molecule has 0 saturated carbocycles. The van der Waals surface area contributed by atoms with E-state index < -0.39 is 5.97 Å². The molecule has 0 aromatic heterocycles. The van der Waals surface area contributed by atoms with Gasteiger partial charge in [0, 0.05) is 13.1 Å². The topological polar surface area (TPSA) is 95.7 Å². The first-order chi connectivity index (χ1) is 9.58. The van der Waals surface area contributed by atoms with Gasteiger partial charge in [-0.25, -0.2) is 4.79 Å². The number of carbonyl (C=O) groups is 2. The number of nitrogens with two attached hydrogens (primary N) is 1. The van der Waals surface area contributed by atoms with E-state index in [1.807, 2.05) is 4.90 Å². The third-order valence-corrected chi connectivity index (χ3v) is 3.44. The number of nitrogen functional groups attached to an aromatic ring is 1. The summed E-state index contributed by atoms with van der Waals surface area (Å²) >= 11 is 0. The Kier molecular flexibility index (Phi) is 4.45. The molecule has 1 aromatic rings. The summed E-state index contributed by atoms with van der Waals surface area (Å²) in [7, 11) is 0. The maximum absolute atomic E-state index is 12.0. The van der Waals surface area contributed by atoms with Crippen molar-refractivity contribution in [1.82, 2.24) is 4.90 Å². The highest BCUT2D eigenvalue weighted by atomic mass is 16.4. The predicted octanol–water partition coefficient (Wildman–Crippen LogP) is 1.39. The van der Waals surface area contributed by atoms with Gasteiger partial charge in [-0.2, -0.15) is 0 Å². The number of piperidine rings is 1. The summed E-state index contributed by atoms with van der Waals surface area (Å²) in [6, 6.07) is 4.41. The summed E-state index contributed by atoms with van der Waals surface area (Å²) in [6.45, 7) is 1.73. The van der Waals surface area contributed by atoms with Gasteiger partial charge in [-0.05, 0) is 37.5 Å². The van der Waals surface area contributed by atoms with Gasteiger partial charge in [-0.15, -0.1) is 0 Å². The molecule has 0 atom stereocenters. The van der Waals surface area contributed by atoms with E-state index in [2.05, 4.69) is 5.32 Å². The largest absolute Gasteiger partial charge is 0.478 e. The fourth-order valence-electron chi connectivity index (χ4n) is 2.27. The van der Waals surface area contributed by atoms with Crippen LogP contribution in [0.1, 0.15) is 29.6 Å². The molecule has 1 amide bonds. The van der Waals surface area contributed by atoms with E-state index in [1.54, 1.807) is 0 Å². The van der Waals surface area contributed by atoms with Crippen LogP contribution in [0.3, 0.4) is 0 Å². The molecule has 1 aliphatic heterocycles. The smallest absolute Gasteiger partial charge is 0.335 e. The van der Waals surface area contributed by atoms with Crippen molar-refractivity contribution in [2.75, 3.05) is 30.7 Å². The van der Waals surface area contributed by atoms with E-state index in [0.29, 0.717) is 11.4 Å². The predicted molar refractivity (Wildman–Crippen MR) is 76.7 cm³/mol. The quantitative estimate of drug-likeness (QED) is 0.723. The van der Waals surface area contributed by atoms with Crippen LogP contribution >= 0.6 is 0 Å². The number of likely N-dealkylation sites (tertiary alicyclic amines) is 1. The molecule has 0 bridgehead atoms. The van der Waals surface area contributed by atoms with E-state index in [9.17, 15) is 9.59 Å². The van der Waals surface area contributed by atoms with Gasteiger partial charge in [0.25, 0.3) is 0 Å². The maximum Gasteiger partial charge on any atom is 0.335 e. The highest BCUT2D eigenvalue weighted by Crippen LogP contribution is 2.20. The molecule has 0 radical (unpaired) electrons. The fourth-order valence-corrected chi connectivity index (χ4v) is 2.27. The summed E-state index contributed by atoms with van der Waals surface area (Å²) in [6.07, 6.45) is 3.26. The lowest BCUT2D eigenvalue weighted by atomic mass is 10.1. The number of amides is 1. The van der Waals surface area contributed by atoms with Crippen LogP contribution in [0.5, 0.6) is 0 Å². The molecule has 108 valence electrons. The van der Waals surface area contributed by atoms with Crippen molar-refractivity contribution < 1.29 is 14.7 Å². The van der Waals surface area contributed by atoms with E-state index in [1.165, 1.54) is 24.6 Å². The molecule has 6 heteroatoms. The van der Waals surface area contributed by atoms with E-state index in [4.69, 9.17) is 10.8 Å². The lowest BCUT2D eigenvalue weighted by Gasteiger charge is -2.27. The molecule has 1 aromatic carbocycles. The SMILES string of the molecule is Nc1ccc(C(=O)O)cc1NCC(=O)N1CCCCC1. The fraction of sp³-hybridized carbons (Fsp3) is 0.429. The minimum atomic E-state index is -1.02. The summed E-state index contributed by atoms with van der Waals surface area (Å²) in [5.74, 6) is -1.000. The average Bonchev–Trinajstić information content (AvgIpc) is 2.46. The third-order valence-electron chi connectivity index (χ3n) is 3.44. The molecule has 1 heterocycles. The molecule has 2 rings (SSSR count). The Morgan fingerprint density at radius 3 is 2.60 bits per heavy atom. The standard InChI is InChI=1S/C14H19N3O3/c15-11-5-4-10(14(19)20)8-12(11)16-9-13(18)17-6-2-1-3-7-17/h4-5,8,16H,1-3,6-7,9,15H2,(H,19,20). The first-order valence-corrected chi connectivity index (χ1v) is 6.72. The first kappa shape index (κ1) is 14.2. The van der Waals surface area contributed by atoms with Crippen LogP contribution in [0.15, 0.2) is 18.2 Å². The van der Waals surface area contributed by atoms with Crippen LogP contribution in [-0.2, 0) is 4.79 Å². The average molecular weight is 277 g/mol. The number of carboxylic acids is 1. The summed E-state index contributed by atoms with van der Waals surface area (Å²) in [4.78, 5) is 24.7. The number of hydrogen-bond donors (Lipinski definition) is 3. The number of anilines is 2. The summed E-state index contributed by atoms with van der Waals surface area (Å²) < 4.78 is 0. The number of benzene rings is 1. The minimum absolute atomic E-state index is 0.0184. The van der Waals surface area contributed by atoms with Crippen molar-refractivity contribution in [3.05, 3.63) is 23.8 Å². The van der Waals surface area contributed by atoms with Crippen LogP contribution in [0.4, 0.5) is 11.4 Å². The van der Waals surface area contributed by atoms with Crippen molar-refractivity contribution in [3.8, 4) is 0 Å². The Morgan fingerprint density at radius 2 is 1.95 bits per heavy atom. The Bertz CT molecular complexity index is 510. The molecule has 1 aliphatic rings. The Balaban J connectivity index is 1.97. The minimum Gasteiger partial charge on any atom is -0.478 e. The van der Waals surface area contributed by atoms with Gasteiger partial charge < -0.3 is 21.1 Å². The number of nitrogens with zero attached hydrogens (tertiary/aromatic N) is 1. The molecule has 6 nitrogen and oxygen atoms in total. The first-order valence-electron chi connectivity index (χ1n) is 6.72. The second-order valence-electron chi connectivity index (χ2n) is 4.90. The van der Waals surface area contributed by atoms with E-state index in [-0.39, 0.29) is 18.0 Å². The number of carbonyl (C=O) groups excluding carboxylic acids is 1. The van der Waals surface area contributed by atoms with Gasteiger partial charge in [0.05, 0.1) is 23.5 Å². The number of aromatic carboxylic acids is 1. The number of rotatable bonds is 4. The van der Waals surface area contributed by atoms with Crippen molar-refractivity contribution >= 4 is 23.3 Å². The Labute approximate surface area is 117 Å². The van der Waals surface area contributed by atoms with Gasteiger partial charge in [0.15, 0.2) is 0 Å². The van der Waals surface area contributed by atoms with Crippen molar-refractivity contribution in [1.29, 1.82) is 0 Å². The summed E-state index contributed by atoms with van der Waals surface area (Å²) in [5, 5.41) is 11.9. The van der Waals surface area contributed by atoms with Crippen LogP contribution in [0, 0.1) is 0 Å². The zero-order valence-electron chi connectivity index (χ0n) is 11.3. The molecule has 0 unspecified atom stereocenters. The van der Waals surface area contributed by atoms with Gasteiger partial charge in [-0.1, -0.05) is 0 Å². The van der Waals surface area contributed by atoms with Gasteiger partial charge in [0.1, 0.15) is 0 Å². The molecule has 4 N–H and O–H groups in total. The molecule has 20 heavy (non-hydrogen) atoms. The van der Waals surface area contributed by atoms with Crippen LogP contribution in [0.2, 0.25) is 0 Å². The van der Waals surface area contributed by atoms with Gasteiger partial charge >= 0.3 is 5.97 Å². The Hall–Kier alpha value is -2.24. The highest BCUT2D eigenvalue weighted by Gasteiger charge is 2.16. The number of carboxylic acid groups (broad SMARTS) is 1. The van der Waals surface area contributed by atoms with E-state index in [0.717, 1.165) is 25.9 Å². The molecule has 1 saturated heterocycles. The van der Waals surface area contributed by atoms with Crippen molar-refractivity contribution in [3.63, 3.8) is 0 Å². The number of nitrogens with one attached hydrogen (secondary N) is 1. The second kappa shape index (κ2) is 6.27. The zero-order chi connectivity index (χ0) is 14.5. The zero-order valence-corrected chi connectivity index (χ0v) is 11.3. The van der Waals surface area contributed by atoms with E-state index >= 15 is 0 Å². The van der Waals surface area contributed by atoms with Crippen LogP contribution < -0.4 is 11.1 Å². The monoisotopic (exact) mass is 277 g/mol. The Morgan fingerprint density at radius 1 is 1.25 bits per heavy atom. The number of hydrogen-bond acceptors (Lipinski definition) is 4. The molecule has 1 fully saturated rings. The molecule has 0 aliphatic carbocycles. The molecular weight excluding hydrogens is 258 g/mol. The lowest BCUT2D eigenvalue weighted by Crippen LogP contribution is -2.39. The van der Waals surface area contributed by atoms with Crippen LogP contribution in [0.25, 0.3) is 0 Å². The molecular formula is C14H19N3O3. The maximum atomic E-state index is 12.0. The van der Waals surface area contributed by atoms with Crippen LogP contribution in [-0.4, -0.2) is 41.5 Å². The molecule has 0 spiro atoms. The van der Waals surface area contributed by atoms with Crippen molar-refractivity contribution in [2.45, 2.75) is 19.3 Å². The van der Waals surface area contributed by atoms with Gasteiger partial charge in [-0.3, -0.25) is 4.79 Å². The highest BCUT2D eigenvalue weighted by molar-refractivity contribution is 5.91. The lowest BCUT2D eigenvalue weighted by molar-refractivity contribution is -0.130. The van der Waals surface area contributed by atoms with Crippen molar-refractivity contribution in [2.24, 2.45) is 0 Å². The second-order valence-corrected chi connectivity index (χ2v) is 4.90. The van der Waals surface area contributed by atoms with Gasteiger partial charge in [0.2, 0.25) is 5.91 Å². The summed E-state index contributed by atoms with van der Waals surface area (Å²) in [5.41, 5.74) is 6.83. The normalized spacial score (nSPS) is 14.9. The third kappa shape index (κ3) is 3.40.